The lowest BCUT2D eigenvalue weighted by Crippen LogP contribution is -2.53. The lowest BCUT2D eigenvalue weighted by molar-refractivity contribution is -0.0301. The molecule has 6 N–H and O–H groups in total. The van der Waals surface area contributed by atoms with Crippen LogP contribution >= 0.6 is 0 Å². The molecule has 0 aromatic heterocycles. The summed E-state index contributed by atoms with van der Waals surface area (Å²) in [4.78, 5) is 6.15. The van der Waals surface area contributed by atoms with E-state index in [-0.39, 0.29) is 13.2 Å². The van der Waals surface area contributed by atoms with Gasteiger partial charge in [-0.3, -0.25) is 14.7 Å². The Morgan fingerprint density at radius 2 is 1.10 bits per heavy atom. The highest BCUT2D eigenvalue weighted by atomic mass is 16.3. The van der Waals surface area contributed by atoms with E-state index in [2.05, 4.69) is 29.2 Å². The molecule has 1 aliphatic heterocycles. The molecule has 1 aliphatic rings. The summed E-state index contributed by atoms with van der Waals surface area (Å²) >= 11 is 0. The highest BCUT2D eigenvalue weighted by molar-refractivity contribution is 5.21. The normalized spacial score (nSPS) is 21.6. The molecule has 178 valence electrons. The molecule has 9 heteroatoms. The molecule has 0 aliphatic carbocycles. The summed E-state index contributed by atoms with van der Waals surface area (Å²) in [6, 6.07) is 7.11. The van der Waals surface area contributed by atoms with Crippen molar-refractivity contribution in [3.05, 3.63) is 35.4 Å². The lowest BCUT2D eigenvalue weighted by atomic mass is 10.1. The predicted molar refractivity (Wildman–Crippen MR) is 118 cm³/mol. The van der Waals surface area contributed by atoms with E-state index >= 15 is 0 Å². The summed E-state index contributed by atoms with van der Waals surface area (Å²) in [7, 11) is 0. The zero-order valence-corrected chi connectivity index (χ0v) is 18.4. The number of benzene rings is 1. The molecule has 9 nitrogen and oxygen atoms in total. The minimum Gasteiger partial charge on any atom is -0.395 e. The predicted octanol–water partition coefficient (Wildman–Crippen LogP) is -2.16. The van der Waals surface area contributed by atoms with Crippen molar-refractivity contribution < 1.29 is 30.6 Å². The standard InChI is InChI=1S/C22H39N3O6/c1-17-2-4-18(5-3-17)12-23-6-8-24(19(13-26)21(30)15-28)10-11-25(9-7-23)20(14-27)22(31)16-29/h2-5,19-22,26-31H,6-16H2,1H3/t19-,20-,21-,22-/m1/s1. The second-order valence-electron chi connectivity index (χ2n) is 8.33. The van der Waals surface area contributed by atoms with Crippen LogP contribution in [0.15, 0.2) is 24.3 Å². The van der Waals surface area contributed by atoms with Crippen LogP contribution in [-0.4, -0.2) is 135 Å². The largest absolute Gasteiger partial charge is 0.395 e. The van der Waals surface area contributed by atoms with Gasteiger partial charge in [0.05, 0.1) is 50.7 Å². The Kier molecular flexibility index (Phi) is 11.3. The lowest BCUT2D eigenvalue weighted by Gasteiger charge is -2.36. The first-order valence-corrected chi connectivity index (χ1v) is 11.0. The van der Waals surface area contributed by atoms with E-state index in [1.165, 1.54) is 11.1 Å². The summed E-state index contributed by atoms with van der Waals surface area (Å²) in [6.45, 7) is 4.84. The molecule has 0 radical (unpaired) electrons. The van der Waals surface area contributed by atoms with Crippen molar-refractivity contribution in [2.24, 2.45) is 0 Å². The fraction of sp³-hybridized carbons (Fsp3) is 0.727. The van der Waals surface area contributed by atoms with Gasteiger partial charge in [0, 0.05) is 45.8 Å². The van der Waals surface area contributed by atoms with Crippen molar-refractivity contribution in [1.82, 2.24) is 14.7 Å². The van der Waals surface area contributed by atoms with Gasteiger partial charge in [-0.2, -0.15) is 0 Å². The molecule has 2 rings (SSSR count). The Morgan fingerprint density at radius 3 is 1.48 bits per heavy atom. The van der Waals surface area contributed by atoms with Gasteiger partial charge >= 0.3 is 0 Å². The summed E-state index contributed by atoms with van der Waals surface area (Å²) in [5, 5.41) is 58.8. The zero-order valence-electron chi connectivity index (χ0n) is 18.4. The summed E-state index contributed by atoms with van der Waals surface area (Å²) < 4.78 is 0. The molecular formula is C22H39N3O6. The van der Waals surface area contributed by atoms with Crippen molar-refractivity contribution in [2.45, 2.75) is 37.8 Å². The minimum atomic E-state index is -1.07. The second kappa shape index (κ2) is 13.4. The molecule has 0 amide bonds. The average Bonchev–Trinajstić information content (AvgIpc) is 2.88. The van der Waals surface area contributed by atoms with Crippen LogP contribution in [0.3, 0.4) is 0 Å². The summed E-state index contributed by atoms with van der Waals surface area (Å²) in [5.74, 6) is 0. The van der Waals surface area contributed by atoms with Crippen LogP contribution in [0.4, 0.5) is 0 Å². The second-order valence-corrected chi connectivity index (χ2v) is 8.33. The van der Waals surface area contributed by atoms with Gasteiger partial charge in [0.25, 0.3) is 0 Å². The first kappa shape index (κ1) is 26.1. The van der Waals surface area contributed by atoms with E-state index in [1.54, 1.807) is 0 Å². The number of hydrogen-bond donors (Lipinski definition) is 6. The monoisotopic (exact) mass is 441 g/mol. The quantitative estimate of drug-likeness (QED) is 0.240. The number of nitrogens with zero attached hydrogens (tertiary/aromatic N) is 3. The Balaban J connectivity index is 2.21. The molecule has 1 aromatic rings. The van der Waals surface area contributed by atoms with E-state index in [1.807, 2.05) is 16.7 Å². The maximum atomic E-state index is 10.2. The van der Waals surface area contributed by atoms with Crippen molar-refractivity contribution >= 4 is 0 Å². The maximum Gasteiger partial charge on any atom is 0.0947 e. The van der Waals surface area contributed by atoms with Gasteiger partial charge in [0.2, 0.25) is 0 Å². The Hall–Kier alpha value is -1.14. The summed E-state index contributed by atoms with van der Waals surface area (Å²) in [5.41, 5.74) is 2.37. The maximum absolute atomic E-state index is 10.2. The molecule has 1 fully saturated rings. The van der Waals surface area contributed by atoms with Crippen LogP contribution in [0.5, 0.6) is 0 Å². The average molecular weight is 442 g/mol. The Labute approximate surface area is 184 Å². The van der Waals surface area contributed by atoms with Gasteiger partial charge in [-0.05, 0) is 12.5 Å². The number of rotatable bonds is 10. The van der Waals surface area contributed by atoms with Crippen LogP contribution in [0.1, 0.15) is 11.1 Å². The molecule has 4 atom stereocenters. The zero-order chi connectivity index (χ0) is 22.8. The first-order valence-electron chi connectivity index (χ1n) is 11.0. The molecule has 31 heavy (non-hydrogen) atoms. The molecule has 0 spiro atoms. The van der Waals surface area contributed by atoms with Crippen LogP contribution < -0.4 is 0 Å². The SMILES string of the molecule is Cc1ccc(CN2CCN([C@H](CO)[C@H](O)CO)CCN([C@H](CO)[C@H](O)CO)CC2)cc1. The molecule has 1 aromatic carbocycles. The molecule has 1 heterocycles. The van der Waals surface area contributed by atoms with Crippen molar-refractivity contribution in [1.29, 1.82) is 0 Å². The minimum absolute atomic E-state index is 0.289. The fourth-order valence-corrected chi connectivity index (χ4v) is 4.11. The van der Waals surface area contributed by atoms with Gasteiger partial charge in [-0.25, -0.2) is 0 Å². The third-order valence-corrected chi connectivity index (χ3v) is 6.18. The van der Waals surface area contributed by atoms with E-state index in [0.717, 1.165) is 6.54 Å². The van der Waals surface area contributed by atoms with Crippen molar-refractivity contribution in [3.63, 3.8) is 0 Å². The van der Waals surface area contributed by atoms with Crippen LogP contribution in [0.25, 0.3) is 0 Å². The smallest absolute Gasteiger partial charge is 0.0947 e. The fourth-order valence-electron chi connectivity index (χ4n) is 4.11. The van der Waals surface area contributed by atoms with Gasteiger partial charge in [0.15, 0.2) is 0 Å². The van der Waals surface area contributed by atoms with Gasteiger partial charge < -0.3 is 30.6 Å². The van der Waals surface area contributed by atoms with Crippen LogP contribution in [0, 0.1) is 6.92 Å². The third kappa shape index (κ3) is 7.74. The van der Waals surface area contributed by atoms with Gasteiger partial charge in [-0.15, -0.1) is 0 Å². The molecule has 0 unspecified atom stereocenters. The van der Waals surface area contributed by atoms with Crippen LogP contribution in [-0.2, 0) is 6.54 Å². The Morgan fingerprint density at radius 1 is 0.677 bits per heavy atom. The number of aliphatic hydroxyl groups is 6. The molecular weight excluding hydrogens is 402 g/mol. The van der Waals surface area contributed by atoms with Crippen LogP contribution in [0.2, 0.25) is 0 Å². The topological polar surface area (TPSA) is 131 Å². The summed E-state index contributed by atoms with van der Waals surface area (Å²) in [6.07, 6.45) is -2.14. The van der Waals surface area contributed by atoms with Crippen molar-refractivity contribution in [2.75, 3.05) is 65.7 Å². The molecule has 1 saturated heterocycles. The highest BCUT2D eigenvalue weighted by Crippen LogP contribution is 2.14. The van der Waals surface area contributed by atoms with E-state index in [0.29, 0.717) is 39.3 Å². The van der Waals surface area contributed by atoms with E-state index in [9.17, 15) is 30.6 Å². The number of aliphatic hydroxyl groups excluding tert-OH is 6. The molecule has 0 saturated carbocycles. The highest BCUT2D eigenvalue weighted by Gasteiger charge is 2.30. The Bertz CT molecular complexity index is 590. The molecule has 0 bridgehead atoms. The van der Waals surface area contributed by atoms with E-state index in [4.69, 9.17) is 0 Å². The van der Waals surface area contributed by atoms with Gasteiger partial charge in [-0.1, -0.05) is 29.8 Å². The third-order valence-electron chi connectivity index (χ3n) is 6.18. The number of hydrogen-bond acceptors (Lipinski definition) is 9. The van der Waals surface area contributed by atoms with E-state index < -0.39 is 37.5 Å². The van der Waals surface area contributed by atoms with Crippen molar-refractivity contribution in [3.8, 4) is 0 Å². The van der Waals surface area contributed by atoms with Gasteiger partial charge in [0.1, 0.15) is 0 Å². The first-order chi connectivity index (χ1) is 14.9. The number of aryl methyl sites for hydroxylation is 1.